The van der Waals surface area contributed by atoms with E-state index in [1.54, 1.807) is 30.3 Å². The molecule has 0 aliphatic rings. The lowest BCUT2D eigenvalue weighted by Gasteiger charge is -2.06. The van der Waals surface area contributed by atoms with Crippen molar-refractivity contribution in [3.8, 4) is 0 Å². The summed E-state index contributed by atoms with van der Waals surface area (Å²) in [5, 5.41) is 10.2. The lowest BCUT2D eigenvalue weighted by molar-refractivity contribution is -0.136. The highest BCUT2D eigenvalue weighted by atomic mass is 32.2. The molecule has 1 aromatic carbocycles. The van der Waals surface area contributed by atoms with Crippen molar-refractivity contribution in [2.75, 3.05) is 5.75 Å². The minimum Gasteiger partial charge on any atom is -0.480 e. The monoisotopic (exact) mass is 267 g/mol. The van der Waals surface area contributed by atoms with E-state index in [4.69, 9.17) is 5.11 Å². The highest BCUT2D eigenvalue weighted by Crippen LogP contribution is 2.09. The summed E-state index contributed by atoms with van der Waals surface area (Å²) in [6.07, 6.45) is 0. The third kappa shape index (κ3) is 4.58. The zero-order valence-electron chi connectivity index (χ0n) is 9.75. The van der Waals surface area contributed by atoms with Crippen LogP contribution in [-0.4, -0.2) is 33.9 Å². The molecule has 0 aromatic heterocycles. The average molecular weight is 267 g/mol. The summed E-state index contributed by atoms with van der Waals surface area (Å²) < 4.78 is 0. The maximum atomic E-state index is 11.6. The normalized spacial score (nSPS) is 11.6. The lowest BCUT2D eigenvalue weighted by atomic mass is 10.2. The second kappa shape index (κ2) is 6.80. The standard InChI is InChI=1S/C12H13NO4S/c1-8(12(16)17)18-7-10(14)13-11(15)9-5-3-2-4-6-9/h2-6,8H,7H2,1H3,(H,16,17)(H,13,14,15). The van der Waals surface area contributed by atoms with Gasteiger partial charge in [-0.2, -0.15) is 0 Å². The van der Waals surface area contributed by atoms with E-state index < -0.39 is 23.0 Å². The number of carboxylic acids is 1. The summed E-state index contributed by atoms with van der Waals surface area (Å²) in [5.41, 5.74) is 0.391. The minimum absolute atomic E-state index is 0.0635. The van der Waals surface area contributed by atoms with Crippen LogP contribution in [0.5, 0.6) is 0 Å². The van der Waals surface area contributed by atoms with Crippen LogP contribution >= 0.6 is 11.8 Å². The Morgan fingerprint density at radius 2 is 1.89 bits per heavy atom. The molecule has 1 unspecified atom stereocenters. The highest BCUT2D eigenvalue weighted by Gasteiger charge is 2.15. The number of imide groups is 1. The van der Waals surface area contributed by atoms with Crippen molar-refractivity contribution in [2.45, 2.75) is 12.2 Å². The van der Waals surface area contributed by atoms with E-state index in [1.165, 1.54) is 6.92 Å². The number of carbonyl (C=O) groups excluding carboxylic acids is 2. The smallest absolute Gasteiger partial charge is 0.316 e. The number of amides is 2. The number of hydrogen-bond donors (Lipinski definition) is 2. The van der Waals surface area contributed by atoms with E-state index in [1.807, 2.05) is 0 Å². The fourth-order valence-electron chi connectivity index (χ4n) is 1.10. The summed E-state index contributed by atoms with van der Waals surface area (Å²) >= 11 is 0.966. The molecule has 0 heterocycles. The van der Waals surface area contributed by atoms with E-state index in [0.29, 0.717) is 5.56 Å². The van der Waals surface area contributed by atoms with Crippen LogP contribution in [0.3, 0.4) is 0 Å². The van der Waals surface area contributed by atoms with Crippen LogP contribution in [0.15, 0.2) is 30.3 Å². The number of rotatable bonds is 5. The van der Waals surface area contributed by atoms with Crippen LogP contribution in [0.4, 0.5) is 0 Å². The number of carbonyl (C=O) groups is 3. The molecule has 1 aromatic rings. The Bertz CT molecular complexity index is 447. The van der Waals surface area contributed by atoms with E-state index in [-0.39, 0.29) is 5.75 Å². The Morgan fingerprint density at radius 1 is 1.28 bits per heavy atom. The van der Waals surface area contributed by atoms with Gasteiger partial charge in [0.15, 0.2) is 0 Å². The fourth-order valence-corrected chi connectivity index (χ4v) is 1.71. The average Bonchev–Trinajstić information content (AvgIpc) is 2.36. The molecule has 0 bridgehead atoms. The summed E-state index contributed by atoms with van der Waals surface area (Å²) in [6.45, 7) is 1.49. The summed E-state index contributed by atoms with van der Waals surface area (Å²) in [7, 11) is 0. The van der Waals surface area contributed by atoms with Crippen molar-refractivity contribution in [3.05, 3.63) is 35.9 Å². The van der Waals surface area contributed by atoms with Gasteiger partial charge in [0.1, 0.15) is 0 Å². The number of nitrogens with one attached hydrogen (secondary N) is 1. The largest absolute Gasteiger partial charge is 0.480 e. The van der Waals surface area contributed by atoms with Crippen LogP contribution in [-0.2, 0) is 9.59 Å². The fraction of sp³-hybridized carbons (Fsp3) is 0.250. The predicted octanol–water partition coefficient (Wildman–Crippen LogP) is 1.15. The van der Waals surface area contributed by atoms with E-state index in [0.717, 1.165) is 11.8 Å². The molecule has 0 radical (unpaired) electrons. The van der Waals surface area contributed by atoms with Gasteiger partial charge in [0, 0.05) is 5.56 Å². The van der Waals surface area contributed by atoms with Gasteiger partial charge in [0.2, 0.25) is 5.91 Å². The van der Waals surface area contributed by atoms with Gasteiger partial charge in [0.25, 0.3) is 5.91 Å². The van der Waals surface area contributed by atoms with Crippen molar-refractivity contribution >= 4 is 29.5 Å². The van der Waals surface area contributed by atoms with E-state index in [9.17, 15) is 14.4 Å². The summed E-state index contributed by atoms with van der Waals surface area (Å²) in [4.78, 5) is 33.5. The van der Waals surface area contributed by atoms with Crippen molar-refractivity contribution in [3.63, 3.8) is 0 Å². The first-order valence-corrected chi connectivity index (χ1v) is 6.29. The second-order valence-corrected chi connectivity index (χ2v) is 4.86. The first-order valence-electron chi connectivity index (χ1n) is 5.24. The molecular formula is C12H13NO4S. The molecule has 1 rings (SSSR count). The maximum absolute atomic E-state index is 11.6. The highest BCUT2D eigenvalue weighted by molar-refractivity contribution is 8.01. The molecule has 96 valence electrons. The van der Waals surface area contributed by atoms with E-state index >= 15 is 0 Å². The molecule has 0 saturated carbocycles. The number of hydrogen-bond acceptors (Lipinski definition) is 4. The van der Waals surface area contributed by atoms with Crippen LogP contribution in [0.25, 0.3) is 0 Å². The Hall–Kier alpha value is -1.82. The topological polar surface area (TPSA) is 83.5 Å². The number of benzene rings is 1. The first kappa shape index (κ1) is 14.2. The molecule has 0 aliphatic heterocycles. The number of carboxylic acid groups (broad SMARTS) is 1. The van der Waals surface area contributed by atoms with Crippen molar-refractivity contribution in [2.24, 2.45) is 0 Å². The summed E-state index contributed by atoms with van der Waals surface area (Å²) in [5.74, 6) is -2.03. The molecule has 6 heteroatoms. The summed E-state index contributed by atoms with van der Waals surface area (Å²) in [6, 6.07) is 8.34. The van der Waals surface area contributed by atoms with Gasteiger partial charge in [-0.3, -0.25) is 19.7 Å². The minimum atomic E-state index is -0.984. The Labute approximate surface area is 109 Å². The van der Waals surface area contributed by atoms with Gasteiger partial charge in [-0.15, -0.1) is 11.8 Å². The van der Waals surface area contributed by atoms with Crippen molar-refractivity contribution in [1.29, 1.82) is 0 Å². The van der Waals surface area contributed by atoms with Gasteiger partial charge >= 0.3 is 5.97 Å². The van der Waals surface area contributed by atoms with Gasteiger partial charge in [-0.05, 0) is 19.1 Å². The Kier molecular flexibility index (Phi) is 5.38. The molecule has 0 aliphatic carbocycles. The predicted molar refractivity (Wildman–Crippen MR) is 68.5 cm³/mol. The Morgan fingerprint density at radius 3 is 2.44 bits per heavy atom. The molecule has 0 saturated heterocycles. The molecule has 0 spiro atoms. The maximum Gasteiger partial charge on any atom is 0.316 e. The van der Waals surface area contributed by atoms with Gasteiger partial charge in [-0.25, -0.2) is 0 Å². The molecule has 18 heavy (non-hydrogen) atoms. The quantitative estimate of drug-likeness (QED) is 0.836. The van der Waals surface area contributed by atoms with Gasteiger partial charge in [0.05, 0.1) is 11.0 Å². The molecule has 0 fully saturated rings. The van der Waals surface area contributed by atoms with Crippen molar-refractivity contribution in [1.82, 2.24) is 5.32 Å². The number of aliphatic carboxylic acids is 1. The van der Waals surface area contributed by atoms with Crippen LogP contribution in [0.1, 0.15) is 17.3 Å². The van der Waals surface area contributed by atoms with E-state index in [2.05, 4.69) is 5.32 Å². The van der Waals surface area contributed by atoms with Gasteiger partial charge in [-0.1, -0.05) is 18.2 Å². The van der Waals surface area contributed by atoms with Crippen LogP contribution < -0.4 is 5.32 Å². The molecule has 2 amide bonds. The van der Waals surface area contributed by atoms with Crippen LogP contribution in [0, 0.1) is 0 Å². The van der Waals surface area contributed by atoms with Crippen LogP contribution in [0.2, 0.25) is 0 Å². The second-order valence-electron chi connectivity index (χ2n) is 3.53. The number of thioether (sulfide) groups is 1. The zero-order valence-corrected chi connectivity index (χ0v) is 10.6. The molecule has 2 N–H and O–H groups in total. The molecular weight excluding hydrogens is 254 g/mol. The van der Waals surface area contributed by atoms with Gasteiger partial charge < -0.3 is 5.11 Å². The molecule has 1 atom stereocenters. The lowest BCUT2D eigenvalue weighted by Crippen LogP contribution is -2.32. The zero-order chi connectivity index (χ0) is 13.5. The first-order chi connectivity index (χ1) is 8.50. The molecule has 5 nitrogen and oxygen atoms in total. The third-order valence-corrected chi connectivity index (χ3v) is 3.23. The SMILES string of the molecule is CC(SCC(=O)NC(=O)c1ccccc1)C(=O)O. The van der Waals surface area contributed by atoms with Crippen molar-refractivity contribution < 1.29 is 19.5 Å². The third-order valence-electron chi connectivity index (χ3n) is 2.10. The Balaban J connectivity index is 2.41.